The lowest BCUT2D eigenvalue weighted by molar-refractivity contribution is -0.117. The van der Waals surface area contributed by atoms with Crippen LogP contribution in [0.4, 0.5) is 0 Å². The normalized spacial score (nSPS) is 12.5. The first-order valence-corrected chi connectivity index (χ1v) is 9.00. The van der Waals surface area contributed by atoms with Crippen molar-refractivity contribution in [1.82, 2.24) is 25.1 Å². The van der Waals surface area contributed by atoms with Crippen LogP contribution in [0.15, 0.2) is 36.4 Å². The van der Waals surface area contributed by atoms with E-state index in [4.69, 9.17) is 0 Å². The van der Waals surface area contributed by atoms with Gasteiger partial charge in [0.1, 0.15) is 5.82 Å². The van der Waals surface area contributed by atoms with Crippen molar-refractivity contribution in [3.05, 3.63) is 70.6 Å². The number of aromatic nitrogens is 4. The van der Waals surface area contributed by atoms with Crippen LogP contribution in [-0.2, 0) is 4.79 Å². The largest absolute Gasteiger partial charge is 0.344 e. The summed E-state index contributed by atoms with van der Waals surface area (Å²) in [6, 6.07) is 9.76. The van der Waals surface area contributed by atoms with Gasteiger partial charge in [-0.15, -0.1) is 0 Å². The molecule has 27 heavy (non-hydrogen) atoms. The van der Waals surface area contributed by atoms with E-state index >= 15 is 0 Å². The zero-order chi connectivity index (χ0) is 19.6. The molecule has 1 amide bonds. The van der Waals surface area contributed by atoms with E-state index in [2.05, 4.69) is 20.4 Å². The Hall–Kier alpha value is -3.15. The first-order chi connectivity index (χ1) is 12.9. The molecule has 0 aliphatic rings. The summed E-state index contributed by atoms with van der Waals surface area (Å²) in [5, 5.41) is 7.54. The number of hydrogen-bond acceptors (Lipinski definition) is 3. The molecule has 0 saturated heterocycles. The van der Waals surface area contributed by atoms with Crippen molar-refractivity contribution in [3.8, 4) is 5.69 Å². The molecular formula is C21H25N5O. The molecule has 0 spiro atoms. The highest BCUT2D eigenvalue weighted by molar-refractivity contribution is 5.92. The number of rotatable bonds is 5. The summed E-state index contributed by atoms with van der Waals surface area (Å²) < 4.78 is 1.89. The number of H-pyrrole nitrogens is 1. The van der Waals surface area contributed by atoms with Gasteiger partial charge in [-0.1, -0.05) is 18.2 Å². The molecule has 6 nitrogen and oxygen atoms in total. The van der Waals surface area contributed by atoms with Gasteiger partial charge in [0.2, 0.25) is 5.91 Å². The molecule has 0 radical (unpaired) electrons. The SMILES string of the molecule is Cc1nc(C(C)NC(=O)/C=C/c2c(C)nn(-c3ccccc3)c2C)[nH]c1C. The molecule has 0 bridgehead atoms. The van der Waals surface area contributed by atoms with Gasteiger partial charge in [-0.2, -0.15) is 5.10 Å². The average molecular weight is 363 g/mol. The molecule has 0 fully saturated rings. The molecule has 1 atom stereocenters. The maximum atomic E-state index is 12.3. The topological polar surface area (TPSA) is 75.6 Å². The van der Waals surface area contributed by atoms with Crippen LogP contribution in [0.5, 0.6) is 0 Å². The monoisotopic (exact) mass is 363 g/mol. The Morgan fingerprint density at radius 2 is 1.85 bits per heavy atom. The van der Waals surface area contributed by atoms with Crippen LogP contribution < -0.4 is 5.32 Å². The van der Waals surface area contributed by atoms with Crippen LogP contribution in [0.2, 0.25) is 0 Å². The van der Waals surface area contributed by atoms with Crippen molar-refractivity contribution in [2.24, 2.45) is 0 Å². The summed E-state index contributed by atoms with van der Waals surface area (Å²) in [6.45, 7) is 9.77. The molecule has 2 aromatic heterocycles. The molecule has 0 aliphatic carbocycles. The molecule has 140 valence electrons. The Bertz CT molecular complexity index is 962. The van der Waals surface area contributed by atoms with Crippen molar-refractivity contribution in [2.75, 3.05) is 0 Å². The predicted octanol–water partition coefficient (Wildman–Crippen LogP) is 3.72. The van der Waals surface area contributed by atoms with Crippen LogP contribution in [0.3, 0.4) is 0 Å². The molecule has 1 aromatic carbocycles. The number of nitrogens with zero attached hydrogens (tertiary/aromatic N) is 3. The van der Waals surface area contributed by atoms with Gasteiger partial charge >= 0.3 is 0 Å². The second-order valence-corrected chi connectivity index (χ2v) is 6.73. The zero-order valence-corrected chi connectivity index (χ0v) is 16.4. The zero-order valence-electron chi connectivity index (χ0n) is 16.4. The third-order valence-corrected chi connectivity index (χ3v) is 4.66. The quantitative estimate of drug-likeness (QED) is 0.678. The van der Waals surface area contributed by atoms with E-state index in [0.717, 1.165) is 39.9 Å². The van der Waals surface area contributed by atoms with Gasteiger partial charge in [0.25, 0.3) is 0 Å². The lowest BCUT2D eigenvalue weighted by atomic mass is 10.1. The van der Waals surface area contributed by atoms with E-state index < -0.39 is 0 Å². The van der Waals surface area contributed by atoms with Crippen molar-refractivity contribution >= 4 is 12.0 Å². The Labute approximate surface area is 159 Å². The van der Waals surface area contributed by atoms with Crippen LogP contribution in [0.25, 0.3) is 11.8 Å². The molecule has 3 aromatic rings. The first-order valence-electron chi connectivity index (χ1n) is 9.00. The second-order valence-electron chi connectivity index (χ2n) is 6.73. The Morgan fingerprint density at radius 3 is 2.48 bits per heavy atom. The fraction of sp³-hybridized carbons (Fsp3) is 0.286. The summed E-state index contributed by atoms with van der Waals surface area (Å²) >= 11 is 0. The molecule has 0 aliphatic heterocycles. The Kier molecular flexibility index (Phi) is 5.26. The highest BCUT2D eigenvalue weighted by atomic mass is 16.1. The van der Waals surface area contributed by atoms with Gasteiger partial charge < -0.3 is 10.3 Å². The van der Waals surface area contributed by atoms with Gasteiger partial charge in [0.15, 0.2) is 0 Å². The minimum absolute atomic E-state index is 0.166. The van der Waals surface area contributed by atoms with Gasteiger partial charge in [-0.3, -0.25) is 4.79 Å². The minimum Gasteiger partial charge on any atom is -0.344 e. The van der Waals surface area contributed by atoms with Crippen molar-refractivity contribution < 1.29 is 4.79 Å². The van der Waals surface area contributed by atoms with Crippen LogP contribution >= 0.6 is 0 Å². The molecule has 0 saturated carbocycles. The fourth-order valence-electron chi connectivity index (χ4n) is 2.99. The number of nitrogens with one attached hydrogen (secondary N) is 2. The third-order valence-electron chi connectivity index (χ3n) is 4.66. The molecule has 2 N–H and O–H groups in total. The number of aryl methyl sites for hydroxylation is 3. The van der Waals surface area contributed by atoms with Crippen LogP contribution in [0, 0.1) is 27.7 Å². The lowest BCUT2D eigenvalue weighted by Crippen LogP contribution is -2.25. The number of benzene rings is 1. The highest BCUT2D eigenvalue weighted by Gasteiger charge is 2.14. The number of carbonyl (C=O) groups excluding carboxylic acids is 1. The smallest absolute Gasteiger partial charge is 0.244 e. The van der Waals surface area contributed by atoms with Crippen molar-refractivity contribution in [2.45, 2.75) is 40.7 Å². The number of amides is 1. The number of carbonyl (C=O) groups is 1. The summed E-state index contributed by atoms with van der Waals surface area (Å²) in [4.78, 5) is 20.0. The highest BCUT2D eigenvalue weighted by Crippen LogP contribution is 2.19. The van der Waals surface area contributed by atoms with Gasteiger partial charge in [0, 0.05) is 23.0 Å². The predicted molar refractivity (Wildman–Crippen MR) is 107 cm³/mol. The summed E-state index contributed by atoms with van der Waals surface area (Å²) in [7, 11) is 0. The average Bonchev–Trinajstić information content (AvgIpc) is 3.13. The summed E-state index contributed by atoms with van der Waals surface area (Å²) in [6.07, 6.45) is 3.36. The van der Waals surface area contributed by atoms with Crippen molar-refractivity contribution in [3.63, 3.8) is 0 Å². The number of imidazole rings is 1. The summed E-state index contributed by atoms with van der Waals surface area (Å²) in [5.74, 6) is 0.594. The van der Waals surface area contributed by atoms with E-state index in [9.17, 15) is 4.79 Å². The maximum Gasteiger partial charge on any atom is 0.244 e. The van der Waals surface area contributed by atoms with E-state index in [1.807, 2.05) is 75.7 Å². The van der Waals surface area contributed by atoms with E-state index in [-0.39, 0.29) is 11.9 Å². The van der Waals surface area contributed by atoms with E-state index in [1.54, 1.807) is 6.08 Å². The summed E-state index contributed by atoms with van der Waals surface area (Å²) in [5.41, 5.74) is 5.78. The number of hydrogen-bond donors (Lipinski definition) is 2. The maximum absolute atomic E-state index is 12.3. The Balaban J connectivity index is 1.74. The Morgan fingerprint density at radius 1 is 1.15 bits per heavy atom. The minimum atomic E-state index is -0.191. The molecule has 6 heteroatoms. The first kappa shape index (κ1) is 18.6. The van der Waals surface area contributed by atoms with E-state index in [0.29, 0.717) is 0 Å². The van der Waals surface area contributed by atoms with Crippen LogP contribution in [-0.4, -0.2) is 25.7 Å². The molecule has 3 rings (SSSR count). The van der Waals surface area contributed by atoms with Crippen LogP contribution in [0.1, 0.15) is 47.1 Å². The van der Waals surface area contributed by atoms with Crippen molar-refractivity contribution in [1.29, 1.82) is 0 Å². The number of para-hydroxylation sites is 1. The molecule has 2 heterocycles. The van der Waals surface area contributed by atoms with Gasteiger partial charge in [-0.25, -0.2) is 9.67 Å². The lowest BCUT2D eigenvalue weighted by Gasteiger charge is -2.09. The second kappa shape index (κ2) is 7.61. The van der Waals surface area contributed by atoms with E-state index in [1.165, 1.54) is 0 Å². The standard InChI is InChI=1S/C21H25N5O/c1-13-14(2)24-21(23-13)16(4)22-20(27)12-11-19-15(3)25-26(17(19)5)18-9-7-6-8-10-18/h6-12,16H,1-5H3,(H,22,27)(H,23,24)/b12-11+. The third kappa shape index (κ3) is 4.00. The van der Waals surface area contributed by atoms with Gasteiger partial charge in [-0.05, 0) is 52.8 Å². The van der Waals surface area contributed by atoms with Gasteiger partial charge in [0.05, 0.1) is 23.1 Å². The molecular weight excluding hydrogens is 338 g/mol. The fourth-order valence-corrected chi connectivity index (χ4v) is 2.99. The number of aromatic amines is 1. The molecule has 1 unspecified atom stereocenters.